The van der Waals surface area contributed by atoms with Gasteiger partial charge in [0.1, 0.15) is 5.58 Å². The number of fused-ring (bicyclic) bond motifs is 15. The molecule has 73 heavy (non-hydrogen) atoms. The minimum Gasteiger partial charge on any atom is -0.454 e. The first-order chi connectivity index (χ1) is 35.1. The topological polar surface area (TPSA) is 19.6 Å². The number of rotatable bonds is 3. The summed E-state index contributed by atoms with van der Waals surface area (Å²) in [5, 5.41) is 2.29. The monoisotopic (exact) mass is 942 g/mol. The molecular formula is C69H59BN2O. The van der Waals surface area contributed by atoms with Gasteiger partial charge < -0.3 is 14.1 Å². The van der Waals surface area contributed by atoms with Crippen LogP contribution in [0.3, 0.4) is 0 Å². The highest BCUT2D eigenvalue weighted by Crippen LogP contribution is 2.59. The molecule has 2 aliphatic heterocycles. The van der Waals surface area contributed by atoms with Crippen molar-refractivity contribution in [2.75, 3.05) is 9.71 Å². The number of hydrogen-bond donors (Lipinski definition) is 0. The minimum absolute atomic E-state index is 0.00687. The summed E-state index contributed by atoms with van der Waals surface area (Å²) in [6.45, 7) is 21.7. The highest BCUT2D eigenvalue weighted by atomic mass is 16.3. The zero-order chi connectivity index (χ0) is 49.7. The summed E-state index contributed by atoms with van der Waals surface area (Å²) in [6, 6.07) is 65.1. The van der Waals surface area contributed by atoms with E-state index in [1.165, 1.54) is 118 Å². The van der Waals surface area contributed by atoms with Crippen LogP contribution in [0.5, 0.6) is 0 Å². The Morgan fingerprint density at radius 1 is 0.438 bits per heavy atom. The molecule has 5 aliphatic rings. The molecule has 9 aromatic carbocycles. The molecule has 15 rings (SSSR count). The van der Waals surface area contributed by atoms with E-state index in [0.29, 0.717) is 0 Å². The second-order valence-corrected chi connectivity index (χ2v) is 24.3. The maximum absolute atomic E-state index is 7.38. The van der Waals surface area contributed by atoms with Gasteiger partial charge in [0, 0.05) is 49.9 Å². The Hall–Kier alpha value is -7.56. The summed E-state index contributed by atoms with van der Waals surface area (Å²) in [7, 11) is 0. The van der Waals surface area contributed by atoms with Crippen molar-refractivity contribution in [3.05, 3.63) is 209 Å². The molecule has 0 spiro atoms. The van der Waals surface area contributed by atoms with Gasteiger partial charge in [0.15, 0.2) is 5.58 Å². The van der Waals surface area contributed by atoms with E-state index in [4.69, 9.17) is 4.42 Å². The molecule has 4 heteroatoms. The third-order valence-corrected chi connectivity index (χ3v) is 18.6. The Labute approximate surface area is 430 Å². The molecular weight excluding hydrogens is 884 g/mol. The van der Waals surface area contributed by atoms with E-state index in [1.54, 1.807) is 0 Å². The molecule has 354 valence electrons. The van der Waals surface area contributed by atoms with Crippen LogP contribution in [0, 0.1) is 6.92 Å². The fraction of sp³-hybridized carbons (Fsp3) is 0.217. The van der Waals surface area contributed by atoms with Crippen molar-refractivity contribution in [1.82, 2.24) is 0 Å². The van der Waals surface area contributed by atoms with Crippen molar-refractivity contribution >= 4 is 68.1 Å². The second kappa shape index (κ2) is 14.4. The molecule has 3 aliphatic carbocycles. The second-order valence-electron chi connectivity index (χ2n) is 24.3. The lowest BCUT2D eigenvalue weighted by atomic mass is 9.43. The molecule has 0 unspecified atom stereocenters. The molecule has 0 saturated carbocycles. The van der Waals surface area contributed by atoms with Crippen LogP contribution < -0.4 is 20.6 Å². The van der Waals surface area contributed by atoms with Gasteiger partial charge in [-0.05, 0) is 168 Å². The lowest BCUT2D eigenvalue weighted by molar-refractivity contribution is 0.332. The summed E-state index contributed by atoms with van der Waals surface area (Å²) >= 11 is 0. The van der Waals surface area contributed by atoms with Gasteiger partial charge in [0.05, 0.1) is 5.69 Å². The summed E-state index contributed by atoms with van der Waals surface area (Å²) < 4.78 is 7.38. The van der Waals surface area contributed by atoms with Crippen molar-refractivity contribution in [1.29, 1.82) is 0 Å². The maximum Gasteiger partial charge on any atom is 0.333 e. The molecule has 0 saturated heterocycles. The number of furan rings is 1. The van der Waals surface area contributed by atoms with Gasteiger partial charge in [-0.25, -0.2) is 0 Å². The lowest BCUT2D eigenvalue weighted by Crippen LogP contribution is -2.61. The average Bonchev–Trinajstić information content (AvgIpc) is 3.97. The predicted octanol–water partition coefficient (Wildman–Crippen LogP) is 17.2. The number of aryl methyl sites for hydroxylation is 1. The van der Waals surface area contributed by atoms with Gasteiger partial charge in [-0.2, -0.15) is 0 Å². The molecule has 3 nitrogen and oxygen atoms in total. The molecule has 1 aromatic heterocycles. The van der Waals surface area contributed by atoms with Crippen molar-refractivity contribution < 1.29 is 4.42 Å². The molecule has 3 heterocycles. The van der Waals surface area contributed by atoms with E-state index in [-0.39, 0.29) is 28.5 Å². The number of nitrogens with zero attached hydrogens (tertiary/aromatic N) is 2. The average molecular weight is 943 g/mol. The van der Waals surface area contributed by atoms with Crippen LogP contribution in [0.25, 0.3) is 66.4 Å². The van der Waals surface area contributed by atoms with E-state index in [0.717, 1.165) is 39.7 Å². The highest BCUT2D eigenvalue weighted by molar-refractivity contribution is 6.94. The quantitative estimate of drug-likeness (QED) is 0.165. The Kier molecular flexibility index (Phi) is 8.47. The summed E-state index contributed by atoms with van der Waals surface area (Å²) in [4.78, 5) is 5.39. The highest BCUT2D eigenvalue weighted by Gasteiger charge is 2.50. The molecule has 10 aromatic rings. The predicted molar refractivity (Wildman–Crippen MR) is 308 cm³/mol. The van der Waals surface area contributed by atoms with E-state index >= 15 is 0 Å². The van der Waals surface area contributed by atoms with E-state index in [1.807, 2.05) is 0 Å². The molecule has 0 fully saturated rings. The first kappa shape index (κ1) is 43.1. The van der Waals surface area contributed by atoms with Crippen molar-refractivity contribution in [2.24, 2.45) is 0 Å². The third kappa shape index (κ3) is 5.67. The first-order valence-electron chi connectivity index (χ1n) is 26.6. The molecule has 0 bridgehead atoms. The minimum atomic E-state index is -0.215. The zero-order valence-electron chi connectivity index (χ0n) is 43.5. The van der Waals surface area contributed by atoms with Crippen molar-refractivity contribution in [2.45, 2.75) is 96.8 Å². The van der Waals surface area contributed by atoms with Gasteiger partial charge in [-0.15, -0.1) is 0 Å². The van der Waals surface area contributed by atoms with Crippen LogP contribution >= 0.6 is 0 Å². The standard InChI is InChI=1S/C69H59BN2O/c1-40-33-56-57(67(4,5)32-31-66(56,2)3)39-59(40)71-61-38-55-48(45-22-14-17-25-53(45)69(55,8)9)36-58(61)70-63-50(35-51-46-23-15-18-26-62(46)73-65(51)64(63)71)49-34-47-44-21-13-16-24-52(44)68(6,7)54(47)37-60(49)72(70)43-29-27-42(28-30-43)41-19-11-10-12-20-41/h10-30,33-39H,31-32H2,1-9H3. The Bertz CT molecular complexity index is 4060. The van der Waals surface area contributed by atoms with Gasteiger partial charge in [-0.3, -0.25) is 0 Å². The van der Waals surface area contributed by atoms with Crippen LogP contribution in [-0.2, 0) is 21.7 Å². The normalized spacial score (nSPS) is 17.4. The number of hydrogen-bond acceptors (Lipinski definition) is 3. The largest absolute Gasteiger partial charge is 0.454 e. The Morgan fingerprint density at radius 3 is 1.68 bits per heavy atom. The Morgan fingerprint density at radius 2 is 1.00 bits per heavy atom. The van der Waals surface area contributed by atoms with Gasteiger partial charge >= 0.3 is 6.85 Å². The van der Waals surface area contributed by atoms with Crippen LogP contribution in [0.1, 0.15) is 107 Å². The molecule has 0 radical (unpaired) electrons. The lowest BCUT2D eigenvalue weighted by Gasteiger charge is -2.47. The van der Waals surface area contributed by atoms with E-state index in [2.05, 4.69) is 242 Å². The number of anilines is 5. The fourth-order valence-corrected chi connectivity index (χ4v) is 14.5. The molecule has 0 amide bonds. The van der Waals surface area contributed by atoms with Crippen molar-refractivity contribution in [3.8, 4) is 44.5 Å². The smallest absolute Gasteiger partial charge is 0.333 e. The van der Waals surface area contributed by atoms with Crippen LogP contribution in [0.15, 0.2) is 174 Å². The fourth-order valence-electron chi connectivity index (χ4n) is 14.5. The number of benzene rings is 9. The first-order valence-corrected chi connectivity index (χ1v) is 26.6. The van der Waals surface area contributed by atoms with Gasteiger partial charge in [0.2, 0.25) is 0 Å². The summed E-state index contributed by atoms with van der Waals surface area (Å²) in [6.07, 6.45) is 2.31. The zero-order valence-corrected chi connectivity index (χ0v) is 43.5. The third-order valence-electron chi connectivity index (χ3n) is 18.6. The van der Waals surface area contributed by atoms with Gasteiger partial charge in [-0.1, -0.05) is 177 Å². The maximum atomic E-state index is 7.38. The molecule has 0 N–H and O–H groups in total. The SMILES string of the molecule is Cc1cc2c(cc1N1c3cc4c(cc3B3c5c(cc6c(oc7ccccc76)c51)-c1cc5c(cc1N3c1ccc(-c3ccccc3)cc1)C(C)(C)c1ccccc1-5)-c1ccccc1C4(C)C)C(C)(C)CCC2(C)C. The number of para-hydroxylation sites is 1. The summed E-state index contributed by atoms with van der Waals surface area (Å²) in [5.74, 6) is 0. The van der Waals surface area contributed by atoms with Crippen LogP contribution in [0.4, 0.5) is 28.4 Å². The summed E-state index contributed by atoms with van der Waals surface area (Å²) in [5.41, 5.74) is 30.0. The van der Waals surface area contributed by atoms with Crippen LogP contribution in [0.2, 0.25) is 0 Å². The van der Waals surface area contributed by atoms with Gasteiger partial charge in [0.25, 0.3) is 0 Å². The van der Waals surface area contributed by atoms with Crippen LogP contribution in [-0.4, -0.2) is 6.85 Å². The van der Waals surface area contributed by atoms with E-state index in [9.17, 15) is 0 Å². The van der Waals surface area contributed by atoms with Crippen molar-refractivity contribution in [3.63, 3.8) is 0 Å². The van der Waals surface area contributed by atoms with E-state index < -0.39 is 0 Å². The molecule has 0 atom stereocenters. The Balaban J connectivity index is 1.12.